The van der Waals surface area contributed by atoms with Crippen LogP contribution in [0.3, 0.4) is 0 Å². The number of hydrogen-bond acceptors (Lipinski definition) is 6. The van der Waals surface area contributed by atoms with Gasteiger partial charge in [-0.2, -0.15) is 0 Å². The number of thioether (sulfide) groups is 1. The molecule has 0 saturated carbocycles. The molecule has 140 valence electrons. The van der Waals surface area contributed by atoms with E-state index >= 15 is 0 Å². The summed E-state index contributed by atoms with van der Waals surface area (Å²) in [5.74, 6) is 1.08. The maximum absolute atomic E-state index is 11.3. The van der Waals surface area contributed by atoms with E-state index in [0.29, 0.717) is 11.6 Å². The van der Waals surface area contributed by atoms with Gasteiger partial charge in [0, 0.05) is 23.9 Å². The molecule has 4 rings (SSSR count). The largest absolute Gasteiger partial charge is 0.444 e. The van der Waals surface area contributed by atoms with Gasteiger partial charge in [-0.05, 0) is 30.3 Å². The van der Waals surface area contributed by atoms with Crippen LogP contribution < -0.4 is 5.32 Å². The number of nitrogens with one attached hydrogen (secondary N) is 1. The first-order chi connectivity index (χ1) is 13.7. The third-order valence-electron chi connectivity index (χ3n) is 3.88. The topological polar surface area (TPSA) is 85.8 Å². The van der Waals surface area contributed by atoms with Crippen molar-refractivity contribution in [1.82, 2.24) is 19.7 Å². The van der Waals surface area contributed by atoms with Crippen molar-refractivity contribution in [3.05, 3.63) is 72.9 Å². The number of aromatic nitrogens is 4. The molecule has 0 aliphatic carbocycles. The van der Waals surface area contributed by atoms with Gasteiger partial charge in [0.1, 0.15) is 12.6 Å². The Bertz CT molecular complexity index is 1090. The Kier molecular flexibility index (Phi) is 5.20. The van der Waals surface area contributed by atoms with Crippen LogP contribution in [-0.2, 0) is 10.5 Å². The highest BCUT2D eigenvalue weighted by molar-refractivity contribution is 7.98. The molecule has 0 saturated heterocycles. The van der Waals surface area contributed by atoms with E-state index < -0.39 is 0 Å². The van der Waals surface area contributed by atoms with Crippen molar-refractivity contribution in [3.63, 3.8) is 0 Å². The Morgan fingerprint density at radius 1 is 1.18 bits per heavy atom. The van der Waals surface area contributed by atoms with Gasteiger partial charge in [0.25, 0.3) is 0 Å². The Hall–Kier alpha value is -3.39. The molecule has 1 amide bonds. The molecule has 0 bridgehead atoms. The molecular weight excluding hydrogens is 374 g/mol. The SMILES string of the molecule is CC(=O)Nc1cccc(-n2cnnc2SCc2coc(-c3ccccc3)n2)c1. The third-order valence-corrected chi connectivity index (χ3v) is 4.86. The standard InChI is InChI=1S/C20H17N5O2S/c1-14(26)22-16-8-5-9-18(10-16)25-13-21-24-20(25)28-12-17-11-27-19(23-17)15-6-3-2-4-7-15/h2-11,13H,12H2,1H3,(H,22,26). The number of oxazole rings is 1. The van der Waals surface area contributed by atoms with Gasteiger partial charge in [0.05, 0.1) is 11.4 Å². The second-order valence-electron chi connectivity index (χ2n) is 6.01. The minimum Gasteiger partial charge on any atom is -0.444 e. The molecule has 28 heavy (non-hydrogen) atoms. The van der Waals surface area contributed by atoms with Crippen LogP contribution in [0.25, 0.3) is 17.1 Å². The molecule has 2 aromatic carbocycles. The lowest BCUT2D eigenvalue weighted by molar-refractivity contribution is -0.114. The smallest absolute Gasteiger partial charge is 0.226 e. The Labute approximate surface area is 165 Å². The zero-order valence-electron chi connectivity index (χ0n) is 15.1. The van der Waals surface area contributed by atoms with Crippen molar-refractivity contribution < 1.29 is 9.21 Å². The highest BCUT2D eigenvalue weighted by Gasteiger charge is 2.11. The van der Waals surface area contributed by atoms with Crippen LogP contribution in [0.5, 0.6) is 0 Å². The number of carbonyl (C=O) groups excluding carboxylic acids is 1. The number of benzene rings is 2. The van der Waals surface area contributed by atoms with Crippen molar-refractivity contribution >= 4 is 23.4 Å². The van der Waals surface area contributed by atoms with Gasteiger partial charge in [-0.15, -0.1) is 10.2 Å². The Balaban J connectivity index is 1.48. The average Bonchev–Trinajstić information content (AvgIpc) is 3.36. The Morgan fingerprint density at radius 2 is 2.04 bits per heavy atom. The number of hydrogen-bond donors (Lipinski definition) is 1. The average molecular weight is 391 g/mol. The van der Waals surface area contributed by atoms with Gasteiger partial charge in [-0.25, -0.2) is 4.98 Å². The van der Waals surface area contributed by atoms with Gasteiger partial charge >= 0.3 is 0 Å². The second-order valence-corrected chi connectivity index (χ2v) is 6.96. The first kappa shape index (κ1) is 18.0. The van der Waals surface area contributed by atoms with Crippen molar-refractivity contribution in [2.75, 3.05) is 5.32 Å². The van der Waals surface area contributed by atoms with Gasteiger partial charge in [0.2, 0.25) is 11.8 Å². The van der Waals surface area contributed by atoms with E-state index in [1.165, 1.54) is 18.7 Å². The predicted octanol–water partition coefficient (Wildman–Crippen LogP) is 4.17. The highest BCUT2D eigenvalue weighted by Crippen LogP contribution is 2.26. The number of carbonyl (C=O) groups is 1. The fraction of sp³-hybridized carbons (Fsp3) is 0.100. The number of rotatable bonds is 6. The zero-order valence-corrected chi connectivity index (χ0v) is 15.9. The minimum absolute atomic E-state index is 0.115. The fourth-order valence-electron chi connectivity index (χ4n) is 2.66. The van der Waals surface area contributed by atoms with E-state index in [4.69, 9.17) is 4.42 Å². The highest BCUT2D eigenvalue weighted by atomic mass is 32.2. The van der Waals surface area contributed by atoms with E-state index in [1.807, 2.05) is 59.2 Å². The van der Waals surface area contributed by atoms with Gasteiger partial charge in [-0.3, -0.25) is 9.36 Å². The van der Waals surface area contributed by atoms with E-state index in [0.717, 1.165) is 27.8 Å². The maximum Gasteiger partial charge on any atom is 0.226 e. The van der Waals surface area contributed by atoms with Crippen molar-refractivity contribution in [3.8, 4) is 17.1 Å². The summed E-state index contributed by atoms with van der Waals surface area (Å²) in [4.78, 5) is 15.8. The molecule has 0 aliphatic rings. The number of amides is 1. The molecule has 0 atom stereocenters. The lowest BCUT2D eigenvalue weighted by atomic mass is 10.2. The number of nitrogens with zero attached hydrogens (tertiary/aromatic N) is 4. The van der Waals surface area contributed by atoms with E-state index in [1.54, 1.807) is 12.6 Å². The molecule has 0 aliphatic heterocycles. The molecule has 7 nitrogen and oxygen atoms in total. The molecule has 1 N–H and O–H groups in total. The lowest BCUT2D eigenvalue weighted by Gasteiger charge is -2.08. The van der Waals surface area contributed by atoms with Crippen molar-refractivity contribution in [1.29, 1.82) is 0 Å². The summed E-state index contributed by atoms with van der Waals surface area (Å²) in [6.45, 7) is 1.48. The van der Waals surface area contributed by atoms with Crippen LogP contribution in [0, 0.1) is 0 Å². The van der Waals surface area contributed by atoms with Crippen LogP contribution >= 0.6 is 11.8 Å². The van der Waals surface area contributed by atoms with Gasteiger partial charge in [-0.1, -0.05) is 36.0 Å². The quantitative estimate of drug-likeness (QED) is 0.497. The van der Waals surface area contributed by atoms with Crippen LogP contribution in [0.4, 0.5) is 5.69 Å². The molecule has 2 heterocycles. The summed E-state index contributed by atoms with van der Waals surface area (Å²) in [6.07, 6.45) is 3.31. The van der Waals surface area contributed by atoms with Crippen LogP contribution in [0.1, 0.15) is 12.6 Å². The second kappa shape index (κ2) is 8.10. The summed E-state index contributed by atoms with van der Waals surface area (Å²) < 4.78 is 7.45. The fourth-order valence-corrected chi connectivity index (χ4v) is 3.47. The van der Waals surface area contributed by atoms with Crippen LogP contribution in [0.2, 0.25) is 0 Å². The van der Waals surface area contributed by atoms with Crippen LogP contribution in [-0.4, -0.2) is 25.7 Å². The Morgan fingerprint density at radius 3 is 2.86 bits per heavy atom. The lowest BCUT2D eigenvalue weighted by Crippen LogP contribution is -2.06. The molecule has 0 fully saturated rings. The first-order valence-electron chi connectivity index (χ1n) is 8.60. The summed E-state index contributed by atoms with van der Waals surface area (Å²) in [5.41, 5.74) is 3.35. The molecule has 2 aromatic heterocycles. The molecule has 4 aromatic rings. The maximum atomic E-state index is 11.3. The molecule has 8 heteroatoms. The number of anilines is 1. The normalized spacial score (nSPS) is 10.8. The summed E-state index contributed by atoms with van der Waals surface area (Å²) in [5, 5.41) is 11.7. The van der Waals surface area contributed by atoms with Crippen LogP contribution in [0.15, 0.2) is 76.8 Å². The van der Waals surface area contributed by atoms with Gasteiger partial charge in [0.15, 0.2) is 5.16 Å². The van der Waals surface area contributed by atoms with E-state index in [9.17, 15) is 4.79 Å². The summed E-state index contributed by atoms with van der Waals surface area (Å²) >= 11 is 1.51. The molecule has 0 radical (unpaired) electrons. The monoisotopic (exact) mass is 391 g/mol. The van der Waals surface area contributed by atoms with Gasteiger partial charge < -0.3 is 9.73 Å². The molecular formula is C20H17N5O2S. The van der Waals surface area contributed by atoms with E-state index in [2.05, 4.69) is 20.5 Å². The zero-order chi connectivity index (χ0) is 19.3. The summed E-state index contributed by atoms with van der Waals surface area (Å²) in [6, 6.07) is 17.3. The first-order valence-corrected chi connectivity index (χ1v) is 9.58. The molecule has 0 unspecified atom stereocenters. The molecule has 0 spiro atoms. The van der Waals surface area contributed by atoms with E-state index in [-0.39, 0.29) is 5.91 Å². The minimum atomic E-state index is -0.115. The predicted molar refractivity (Wildman–Crippen MR) is 107 cm³/mol. The summed E-state index contributed by atoms with van der Waals surface area (Å²) in [7, 11) is 0. The third kappa shape index (κ3) is 4.12. The van der Waals surface area contributed by atoms with Crippen molar-refractivity contribution in [2.24, 2.45) is 0 Å². The van der Waals surface area contributed by atoms with Crippen molar-refractivity contribution in [2.45, 2.75) is 17.8 Å².